The zero-order valence-corrected chi connectivity index (χ0v) is 14.5. The van der Waals surface area contributed by atoms with E-state index in [4.69, 9.17) is 0 Å². The van der Waals surface area contributed by atoms with Crippen LogP contribution in [0.15, 0.2) is 47.4 Å². The summed E-state index contributed by atoms with van der Waals surface area (Å²) in [4.78, 5) is 25.9. The minimum Gasteiger partial charge on any atom is -0.268 e. The smallest absolute Gasteiger partial charge is 0.268 e. The molecule has 0 saturated heterocycles. The van der Waals surface area contributed by atoms with Crippen LogP contribution in [0.1, 0.15) is 52.6 Å². The molecule has 118 valence electrons. The highest BCUT2D eigenvalue weighted by Crippen LogP contribution is 2.36. The van der Waals surface area contributed by atoms with Gasteiger partial charge in [0.1, 0.15) is 0 Å². The van der Waals surface area contributed by atoms with Gasteiger partial charge in [-0.15, -0.1) is 0 Å². The van der Waals surface area contributed by atoms with Crippen molar-refractivity contribution >= 4 is 23.8 Å². The van der Waals surface area contributed by atoms with Crippen LogP contribution in [0.4, 0.5) is 0 Å². The molecule has 23 heavy (non-hydrogen) atoms. The SMILES string of the molecule is Cc1ccc(C(C)(C)C)cc1SN1C(=O)c2ccccc2C1=O. The normalized spacial score (nSPS) is 14.3. The summed E-state index contributed by atoms with van der Waals surface area (Å²) in [6.07, 6.45) is 0. The highest BCUT2D eigenvalue weighted by Gasteiger charge is 2.36. The molecule has 0 bridgehead atoms. The van der Waals surface area contributed by atoms with Crippen molar-refractivity contribution in [2.75, 3.05) is 0 Å². The highest BCUT2D eigenvalue weighted by atomic mass is 32.2. The van der Waals surface area contributed by atoms with E-state index in [9.17, 15) is 9.59 Å². The van der Waals surface area contributed by atoms with E-state index < -0.39 is 0 Å². The number of carbonyl (C=O) groups is 2. The minimum atomic E-state index is -0.240. The van der Waals surface area contributed by atoms with Crippen LogP contribution < -0.4 is 0 Å². The van der Waals surface area contributed by atoms with Crippen molar-refractivity contribution in [3.63, 3.8) is 0 Å². The molecule has 0 aliphatic carbocycles. The topological polar surface area (TPSA) is 37.4 Å². The Bertz CT molecular complexity index is 770. The summed E-state index contributed by atoms with van der Waals surface area (Å²) < 4.78 is 1.26. The number of nitrogens with zero attached hydrogens (tertiary/aromatic N) is 1. The molecule has 2 aromatic rings. The summed E-state index contributed by atoms with van der Waals surface area (Å²) >= 11 is 1.22. The number of hydrogen-bond acceptors (Lipinski definition) is 3. The van der Waals surface area contributed by atoms with Gasteiger partial charge < -0.3 is 0 Å². The van der Waals surface area contributed by atoms with Gasteiger partial charge in [0.05, 0.1) is 11.1 Å². The molecular weight excluding hydrogens is 306 g/mol. The maximum absolute atomic E-state index is 12.5. The number of aryl methyl sites for hydroxylation is 1. The van der Waals surface area contributed by atoms with E-state index in [2.05, 4.69) is 32.9 Å². The zero-order valence-electron chi connectivity index (χ0n) is 13.7. The first-order valence-electron chi connectivity index (χ1n) is 7.56. The molecule has 2 aromatic carbocycles. The van der Waals surface area contributed by atoms with Gasteiger partial charge in [0.15, 0.2) is 0 Å². The first kappa shape index (κ1) is 15.8. The monoisotopic (exact) mass is 325 g/mol. The Balaban J connectivity index is 1.95. The van der Waals surface area contributed by atoms with Gasteiger partial charge in [-0.3, -0.25) is 9.59 Å². The lowest BCUT2D eigenvalue weighted by molar-refractivity contribution is 0.0777. The Labute approximate surface area is 140 Å². The molecule has 0 fully saturated rings. The predicted octanol–water partition coefficient (Wildman–Crippen LogP) is 4.60. The lowest BCUT2D eigenvalue weighted by Crippen LogP contribution is -2.22. The highest BCUT2D eigenvalue weighted by molar-refractivity contribution is 7.98. The fourth-order valence-electron chi connectivity index (χ4n) is 2.51. The van der Waals surface area contributed by atoms with E-state index in [-0.39, 0.29) is 17.2 Å². The van der Waals surface area contributed by atoms with Gasteiger partial charge in [0.2, 0.25) is 0 Å². The Hall–Kier alpha value is -2.07. The molecule has 0 unspecified atom stereocenters. The summed E-state index contributed by atoms with van der Waals surface area (Å²) in [6.45, 7) is 8.43. The van der Waals surface area contributed by atoms with Crippen molar-refractivity contribution in [3.05, 3.63) is 64.7 Å². The summed E-state index contributed by atoms with van der Waals surface area (Å²) in [6, 6.07) is 13.2. The fraction of sp³-hybridized carbons (Fsp3) is 0.263. The van der Waals surface area contributed by atoms with Crippen LogP contribution in [0.3, 0.4) is 0 Å². The van der Waals surface area contributed by atoms with Crippen molar-refractivity contribution in [1.82, 2.24) is 4.31 Å². The number of fused-ring (bicyclic) bond motifs is 1. The summed E-state index contributed by atoms with van der Waals surface area (Å²) in [5.41, 5.74) is 3.22. The van der Waals surface area contributed by atoms with Gasteiger partial charge in [0, 0.05) is 4.90 Å². The maximum atomic E-state index is 12.5. The van der Waals surface area contributed by atoms with Crippen LogP contribution in [0, 0.1) is 6.92 Å². The third-order valence-electron chi connectivity index (χ3n) is 4.00. The van der Waals surface area contributed by atoms with Crippen molar-refractivity contribution in [2.45, 2.75) is 38.0 Å². The number of hydrogen-bond donors (Lipinski definition) is 0. The van der Waals surface area contributed by atoms with Gasteiger partial charge in [0.25, 0.3) is 11.8 Å². The Morgan fingerprint density at radius 1 is 0.913 bits per heavy atom. The molecule has 1 aliphatic heterocycles. The van der Waals surface area contributed by atoms with Gasteiger partial charge in [-0.1, -0.05) is 45.0 Å². The van der Waals surface area contributed by atoms with Crippen LogP contribution in [0.25, 0.3) is 0 Å². The van der Waals surface area contributed by atoms with Crippen molar-refractivity contribution < 1.29 is 9.59 Å². The summed E-state index contributed by atoms with van der Waals surface area (Å²) in [5, 5.41) is 0. The van der Waals surface area contributed by atoms with E-state index in [0.29, 0.717) is 11.1 Å². The Morgan fingerprint density at radius 2 is 1.48 bits per heavy atom. The van der Waals surface area contributed by atoms with E-state index in [1.165, 1.54) is 21.8 Å². The molecule has 0 aromatic heterocycles. The van der Waals surface area contributed by atoms with E-state index >= 15 is 0 Å². The number of carbonyl (C=O) groups excluding carboxylic acids is 2. The van der Waals surface area contributed by atoms with Gasteiger partial charge in [-0.05, 0) is 53.6 Å². The van der Waals surface area contributed by atoms with Crippen molar-refractivity contribution in [3.8, 4) is 0 Å². The third kappa shape index (κ3) is 2.79. The molecule has 0 atom stereocenters. The molecule has 0 spiro atoms. The van der Waals surface area contributed by atoms with E-state index in [1.54, 1.807) is 24.3 Å². The molecule has 0 radical (unpaired) electrons. The fourth-order valence-corrected chi connectivity index (χ4v) is 3.46. The lowest BCUT2D eigenvalue weighted by Gasteiger charge is -2.21. The lowest BCUT2D eigenvalue weighted by atomic mass is 9.87. The predicted molar refractivity (Wildman–Crippen MR) is 92.7 cm³/mol. The average Bonchev–Trinajstić information content (AvgIpc) is 2.74. The standard InChI is InChI=1S/C19H19NO2S/c1-12-9-10-13(19(2,3)4)11-16(12)23-20-17(21)14-7-5-6-8-15(14)18(20)22/h5-11H,1-4H3. The zero-order chi connectivity index (χ0) is 16.8. The number of benzene rings is 2. The first-order chi connectivity index (χ1) is 10.8. The van der Waals surface area contributed by atoms with E-state index in [0.717, 1.165) is 10.5 Å². The van der Waals surface area contributed by atoms with Crippen LogP contribution in [-0.2, 0) is 5.41 Å². The Kier molecular flexibility index (Phi) is 3.80. The maximum Gasteiger partial charge on any atom is 0.272 e. The average molecular weight is 325 g/mol. The summed E-state index contributed by atoms with van der Waals surface area (Å²) in [7, 11) is 0. The van der Waals surface area contributed by atoms with Crippen LogP contribution in [0.5, 0.6) is 0 Å². The number of imide groups is 1. The quantitative estimate of drug-likeness (QED) is 0.598. The largest absolute Gasteiger partial charge is 0.272 e. The molecule has 3 rings (SSSR count). The number of amides is 2. The van der Waals surface area contributed by atoms with Gasteiger partial charge >= 0.3 is 0 Å². The van der Waals surface area contributed by atoms with Crippen LogP contribution in [-0.4, -0.2) is 16.1 Å². The minimum absolute atomic E-state index is 0.0188. The molecule has 1 aliphatic rings. The Morgan fingerprint density at radius 3 is 2.00 bits per heavy atom. The second-order valence-electron chi connectivity index (χ2n) is 6.77. The molecular formula is C19H19NO2S. The molecule has 1 heterocycles. The first-order valence-corrected chi connectivity index (χ1v) is 8.33. The van der Waals surface area contributed by atoms with Gasteiger partial charge in [-0.2, -0.15) is 0 Å². The second kappa shape index (κ2) is 5.53. The van der Waals surface area contributed by atoms with Crippen molar-refractivity contribution in [2.24, 2.45) is 0 Å². The molecule has 3 nitrogen and oxygen atoms in total. The van der Waals surface area contributed by atoms with Gasteiger partial charge in [-0.25, -0.2) is 4.31 Å². The van der Waals surface area contributed by atoms with Crippen LogP contribution in [0.2, 0.25) is 0 Å². The van der Waals surface area contributed by atoms with Crippen LogP contribution >= 0.6 is 11.9 Å². The molecule has 0 saturated carbocycles. The van der Waals surface area contributed by atoms with E-state index in [1.807, 2.05) is 13.0 Å². The number of rotatable bonds is 2. The third-order valence-corrected chi connectivity index (χ3v) is 5.15. The van der Waals surface area contributed by atoms with Crippen molar-refractivity contribution in [1.29, 1.82) is 0 Å². The molecule has 0 N–H and O–H groups in total. The molecule has 2 amide bonds. The molecule has 4 heteroatoms. The summed E-state index contributed by atoms with van der Waals surface area (Å²) in [5.74, 6) is -0.479. The second-order valence-corrected chi connectivity index (χ2v) is 7.76.